The van der Waals surface area contributed by atoms with Crippen LogP contribution >= 0.6 is 0 Å². The normalized spacial score (nSPS) is 10.1. The van der Waals surface area contributed by atoms with Crippen molar-refractivity contribution in [1.29, 1.82) is 0 Å². The van der Waals surface area contributed by atoms with Crippen LogP contribution in [0.5, 0.6) is 5.75 Å². The van der Waals surface area contributed by atoms with Gasteiger partial charge in [0, 0.05) is 0 Å². The van der Waals surface area contributed by atoms with Gasteiger partial charge >= 0.3 is 0 Å². The summed E-state index contributed by atoms with van der Waals surface area (Å²) < 4.78 is 5.27. The molecule has 0 aliphatic heterocycles. The minimum Gasteiger partial charge on any atom is -0.494 e. The Bertz CT molecular complexity index is 306. The molecule has 1 N–H and O–H groups in total. The van der Waals surface area contributed by atoms with E-state index in [1.54, 1.807) is 6.21 Å². The molecule has 0 aliphatic carbocycles. The van der Waals surface area contributed by atoms with E-state index in [-0.39, 0.29) is 0 Å². The SMILES string of the molecule is CCOc1ccc(/C=N/NC=O)cc1. The van der Waals surface area contributed by atoms with E-state index in [9.17, 15) is 4.79 Å². The highest BCUT2D eigenvalue weighted by Crippen LogP contribution is 2.10. The quantitative estimate of drug-likeness (QED) is 0.432. The van der Waals surface area contributed by atoms with Crippen molar-refractivity contribution >= 4 is 12.6 Å². The van der Waals surface area contributed by atoms with Crippen molar-refractivity contribution in [1.82, 2.24) is 5.43 Å². The Morgan fingerprint density at radius 2 is 2.14 bits per heavy atom. The number of hydrogen-bond donors (Lipinski definition) is 1. The lowest BCUT2D eigenvalue weighted by atomic mass is 10.2. The summed E-state index contributed by atoms with van der Waals surface area (Å²) in [6.45, 7) is 2.59. The molecule has 4 heteroatoms. The lowest BCUT2D eigenvalue weighted by Gasteiger charge is -2.01. The largest absolute Gasteiger partial charge is 0.494 e. The van der Waals surface area contributed by atoms with Crippen LogP contribution in [0.1, 0.15) is 12.5 Å². The second-order valence-corrected chi connectivity index (χ2v) is 2.51. The van der Waals surface area contributed by atoms with Gasteiger partial charge in [0.25, 0.3) is 0 Å². The van der Waals surface area contributed by atoms with Crippen LogP contribution < -0.4 is 10.2 Å². The van der Waals surface area contributed by atoms with Gasteiger partial charge in [-0.2, -0.15) is 5.10 Å². The molecule has 74 valence electrons. The lowest BCUT2D eigenvalue weighted by molar-refractivity contribution is -0.109. The Balaban J connectivity index is 2.58. The van der Waals surface area contributed by atoms with Gasteiger partial charge in [-0.15, -0.1) is 0 Å². The van der Waals surface area contributed by atoms with Crippen molar-refractivity contribution < 1.29 is 9.53 Å². The third-order valence-electron chi connectivity index (χ3n) is 1.53. The molecule has 0 aliphatic rings. The van der Waals surface area contributed by atoms with Gasteiger partial charge in [0.15, 0.2) is 0 Å². The lowest BCUT2D eigenvalue weighted by Crippen LogP contribution is -2.00. The van der Waals surface area contributed by atoms with Gasteiger partial charge in [0.05, 0.1) is 12.8 Å². The van der Waals surface area contributed by atoms with Crippen LogP contribution in [0, 0.1) is 0 Å². The number of rotatable bonds is 5. The van der Waals surface area contributed by atoms with E-state index in [0.29, 0.717) is 13.0 Å². The number of nitrogens with zero attached hydrogens (tertiary/aromatic N) is 1. The smallest absolute Gasteiger partial charge is 0.227 e. The molecule has 0 saturated carbocycles. The maximum Gasteiger partial charge on any atom is 0.227 e. The Labute approximate surface area is 82.6 Å². The average molecular weight is 192 g/mol. The van der Waals surface area contributed by atoms with Gasteiger partial charge in [0.2, 0.25) is 6.41 Å². The Morgan fingerprint density at radius 3 is 2.71 bits per heavy atom. The number of benzene rings is 1. The zero-order chi connectivity index (χ0) is 10.2. The molecule has 1 rings (SSSR count). The summed E-state index contributed by atoms with van der Waals surface area (Å²) in [6.07, 6.45) is 2.08. The summed E-state index contributed by atoms with van der Waals surface area (Å²) in [7, 11) is 0. The highest BCUT2D eigenvalue weighted by Gasteiger charge is 1.91. The average Bonchev–Trinajstić information content (AvgIpc) is 2.21. The molecule has 0 fully saturated rings. The third-order valence-corrected chi connectivity index (χ3v) is 1.53. The first-order valence-electron chi connectivity index (χ1n) is 4.32. The molecule has 1 aromatic rings. The van der Waals surface area contributed by atoms with Crippen LogP contribution in [0.2, 0.25) is 0 Å². The van der Waals surface area contributed by atoms with E-state index in [0.717, 1.165) is 11.3 Å². The molecule has 1 aromatic carbocycles. The first-order chi connectivity index (χ1) is 6.86. The highest BCUT2D eigenvalue weighted by atomic mass is 16.5. The molecule has 0 spiro atoms. The third kappa shape index (κ3) is 3.26. The van der Waals surface area contributed by atoms with Gasteiger partial charge in [-0.3, -0.25) is 4.79 Å². The molecule has 14 heavy (non-hydrogen) atoms. The summed E-state index contributed by atoms with van der Waals surface area (Å²) in [4.78, 5) is 9.89. The topological polar surface area (TPSA) is 50.7 Å². The van der Waals surface area contributed by atoms with Crippen molar-refractivity contribution in [2.24, 2.45) is 5.10 Å². The highest BCUT2D eigenvalue weighted by molar-refractivity contribution is 5.80. The monoisotopic (exact) mass is 192 g/mol. The van der Waals surface area contributed by atoms with Crippen molar-refractivity contribution in [3.63, 3.8) is 0 Å². The fraction of sp³-hybridized carbons (Fsp3) is 0.200. The number of hydrazone groups is 1. The number of nitrogens with one attached hydrogen (secondary N) is 1. The van der Waals surface area contributed by atoms with E-state index in [4.69, 9.17) is 4.74 Å². The first kappa shape index (κ1) is 10.2. The molecule has 0 aromatic heterocycles. The standard InChI is InChI=1S/C10H12N2O2/c1-2-14-10-5-3-9(4-6-10)7-11-12-8-13/h3-8H,2H2,1H3,(H,12,13)/b11-7+. The second kappa shape index (κ2) is 5.75. The van der Waals surface area contributed by atoms with Crippen molar-refractivity contribution in [3.05, 3.63) is 29.8 Å². The Morgan fingerprint density at radius 1 is 1.43 bits per heavy atom. The van der Waals surface area contributed by atoms with Crippen molar-refractivity contribution in [2.45, 2.75) is 6.92 Å². The zero-order valence-corrected chi connectivity index (χ0v) is 7.93. The molecule has 0 radical (unpaired) electrons. The summed E-state index contributed by atoms with van der Waals surface area (Å²) in [5.41, 5.74) is 3.10. The van der Waals surface area contributed by atoms with Crippen molar-refractivity contribution in [3.8, 4) is 5.75 Å². The Kier molecular flexibility index (Phi) is 4.20. The minimum atomic E-state index is 0.519. The maximum absolute atomic E-state index is 9.89. The second-order valence-electron chi connectivity index (χ2n) is 2.51. The van der Waals surface area contributed by atoms with Crippen LogP contribution in [-0.2, 0) is 4.79 Å². The predicted molar refractivity (Wildman–Crippen MR) is 54.4 cm³/mol. The molecule has 1 amide bonds. The number of amides is 1. The van der Waals surface area contributed by atoms with E-state index in [2.05, 4.69) is 10.5 Å². The fourth-order valence-electron chi connectivity index (χ4n) is 0.959. The minimum absolute atomic E-state index is 0.519. The molecular weight excluding hydrogens is 180 g/mol. The van der Waals surface area contributed by atoms with Gasteiger partial charge in [0.1, 0.15) is 5.75 Å². The van der Waals surface area contributed by atoms with E-state index >= 15 is 0 Å². The maximum atomic E-state index is 9.89. The molecule has 0 unspecified atom stereocenters. The molecule has 0 saturated heterocycles. The van der Waals surface area contributed by atoms with E-state index < -0.39 is 0 Å². The van der Waals surface area contributed by atoms with Gasteiger partial charge in [-0.25, -0.2) is 5.43 Å². The number of hydrogen-bond acceptors (Lipinski definition) is 3. The molecule has 0 heterocycles. The van der Waals surface area contributed by atoms with E-state index in [1.807, 2.05) is 31.2 Å². The van der Waals surface area contributed by atoms with Crippen LogP contribution in [0.25, 0.3) is 0 Å². The molecule has 4 nitrogen and oxygen atoms in total. The van der Waals surface area contributed by atoms with Gasteiger partial charge < -0.3 is 4.74 Å². The summed E-state index contributed by atoms with van der Waals surface area (Å²) in [6, 6.07) is 7.43. The summed E-state index contributed by atoms with van der Waals surface area (Å²) in [5, 5.41) is 3.65. The number of carbonyl (C=O) groups excluding carboxylic acids is 1. The summed E-state index contributed by atoms with van der Waals surface area (Å²) >= 11 is 0. The summed E-state index contributed by atoms with van der Waals surface area (Å²) in [5.74, 6) is 0.827. The van der Waals surface area contributed by atoms with Gasteiger partial charge in [-0.1, -0.05) is 0 Å². The van der Waals surface area contributed by atoms with Gasteiger partial charge in [-0.05, 0) is 36.8 Å². The Hall–Kier alpha value is -1.84. The molecule has 0 bridgehead atoms. The zero-order valence-electron chi connectivity index (χ0n) is 7.93. The van der Waals surface area contributed by atoms with Crippen LogP contribution in [-0.4, -0.2) is 19.2 Å². The van der Waals surface area contributed by atoms with Crippen LogP contribution in [0.15, 0.2) is 29.4 Å². The first-order valence-corrected chi connectivity index (χ1v) is 4.32. The predicted octanol–water partition coefficient (Wildman–Crippen LogP) is 1.17. The van der Waals surface area contributed by atoms with E-state index in [1.165, 1.54) is 0 Å². The van der Waals surface area contributed by atoms with Crippen LogP contribution in [0.3, 0.4) is 0 Å². The molecule has 0 atom stereocenters. The molecular formula is C10H12N2O2. The number of carbonyl (C=O) groups is 1. The number of ether oxygens (including phenoxy) is 1. The van der Waals surface area contributed by atoms with Crippen LogP contribution in [0.4, 0.5) is 0 Å². The van der Waals surface area contributed by atoms with Crippen molar-refractivity contribution in [2.75, 3.05) is 6.61 Å². The fourth-order valence-corrected chi connectivity index (χ4v) is 0.959.